The number of halogens is 1. The summed E-state index contributed by atoms with van der Waals surface area (Å²) in [4.78, 5) is 9.67. The number of hydrogen-bond donors (Lipinski definition) is 2. The zero-order valence-electron chi connectivity index (χ0n) is 13.2. The van der Waals surface area contributed by atoms with Gasteiger partial charge in [-0.05, 0) is 11.4 Å². The van der Waals surface area contributed by atoms with E-state index in [4.69, 9.17) is 0 Å². The lowest BCUT2D eigenvalue weighted by Gasteiger charge is -2.25. The molecule has 0 amide bonds. The molecule has 0 spiro atoms. The van der Waals surface area contributed by atoms with Crippen LogP contribution in [-0.4, -0.2) is 35.6 Å². The third kappa shape index (κ3) is 5.60. The van der Waals surface area contributed by atoms with E-state index >= 15 is 0 Å². The summed E-state index contributed by atoms with van der Waals surface area (Å²) in [5.74, 6) is 0.833. The first-order valence-electron chi connectivity index (χ1n) is 7.06. The molecule has 0 atom stereocenters. The fourth-order valence-corrected chi connectivity index (χ4v) is 2.85. The molecule has 22 heavy (non-hydrogen) atoms. The van der Waals surface area contributed by atoms with E-state index in [-0.39, 0.29) is 29.4 Å². The van der Waals surface area contributed by atoms with Crippen LogP contribution in [0, 0.1) is 0 Å². The molecule has 0 bridgehead atoms. The van der Waals surface area contributed by atoms with E-state index in [0.717, 1.165) is 25.6 Å². The smallest absolute Gasteiger partial charge is 0.191 e. The molecular weight excluding hydrogens is 409 g/mol. The Bertz CT molecular complexity index is 549. The van der Waals surface area contributed by atoms with Crippen LogP contribution in [0.15, 0.2) is 41.2 Å². The van der Waals surface area contributed by atoms with Crippen molar-refractivity contribution in [2.24, 2.45) is 4.99 Å². The van der Waals surface area contributed by atoms with Crippen molar-refractivity contribution in [1.82, 2.24) is 20.2 Å². The van der Waals surface area contributed by atoms with Gasteiger partial charge in [0.05, 0.1) is 6.33 Å². The van der Waals surface area contributed by atoms with Crippen LogP contribution in [0.2, 0.25) is 0 Å². The first-order valence-corrected chi connectivity index (χ1v) is 7.94. The summed E-state index contributed by atoms with van der Waals surface area (Å²) in [5, 5.41) is 8.84. The Morgan fingerprint density at radius 2 is 2.23 bits per heavy atom. The van der Waals surface area contributed by atoms with Gasteiger partial charge in [-0.1, -0.05) is 19.9 Å². The lowest BCUT2D eigenvalue weighted by molar-refractivity contribution is 0.517. The minimum Gasteiger partial charge on any atom is -0.356 e. The Balaban J connectivity index is 0.00000242. The van der Waals surface area contributed by atoms with Gasteiger partial charge in [-0.25, -0.2) is 4.98 Å². The molecular formula is C15H24IN5S. The van der Waals surface area contributed by atoms with Gasteiger partial charge in [-0.2, -0.15) is 0 Å². The van der Waals surface area contributed by atoms with E-state index in [1.165, 1.54) is 4.88 Å². The molecule has 5 nitrogen and oxygen atoms in total. The van der Waals surface area contributed by atoms with Gasteiger partial charge in [0.25, 0.3) is 0 Å². The average molecular weight is 433 g/mol. The quantitative estimate of drug-likeness (QED) is 0.419. The number of thiophene rings is 1. The molecule has 2 rings (SSSR count). The largest absolute Gasteiger partial charge is 0.356 e. The molecule has 0 aliphatic heterocycles. The van der Waals surface area contributed by atoms with Crippen molar-refractivity contribution < 1.29 is 0 Å². The number of aromatic nitrogens is 2. The van der Waals surface area contributed by atoms with E-state index in [0.29, 0.717) is 0 Å². The first kappa shape index (κ1) is 19.0. The van der Waals surface area contributed by atoms with Gasteiger partial charge >= 0.3 is 0 Å². The zero-order valence-corrected chi connectivity index (χ0v) is 16.4. The molecule has 0 aliphatic carbocycles. The summed E-state index contributed by atoms with van der Waals surface area (Å²) in [5.41, 5.74) is 0.0934. The second kappa shape index (κ2) is 9.14. The van der Waals surface area contributed by atoms with Gasteiger partial charge in [0.2, 0.25) is 0 Å². The Kier molecular flexibility index (Phi) is 7.88. The molecule has 0 aromatic carbocycles. The molecule has 0 unspecified atom stereocenters. The highest BCUT2D eigenvalue weighted by Gasteiger charge is 2.21. The number of rotatable bonds is 6. The lowest BCUT2D eigenvalue weighted by atomic mass is 9.91. The van der Waals surface area contributed by atoms with Gasteiger partial charge < -0.3 is 15.2 Å². The maximum Gasteiger partial charge on any atom is 0.191 e. The van der Waals surface area contributed by atoms with Crippen LogP contribution < -0.4 is 10.6 Å². The van der Waals surface area contributed by atoms with E-state index in [1.807, 2.05) is 17.1 Å². The summed E-state index contributed by atoms with van der Waals surface area (Å²) in [7, 11) is 1.80. The maximum atomic E-state index is 4.26. The summed E-state index contributed by atoms with van der Waals surface area (Å²) in [6, 6.07) is 4.28. The normalized spacial score (nSPS) is 11.9. The van der Waals surface area contributed by atoms with Crippen molar-refractivity contribution in [3.63, 3.8) is 0 Å². The van der Waals surface area contributed by atoms with E-state index in [2.05, 4.69) is 52.0 Å². The van der Waals surface area contributed by atoms with Crippen LogP contribution in [0.25, 0.3) is 0 Å². The number of nitrogens with zero attached hydrogens (tertiary/aromatic N) is 3. The average Bonchev–Trinajstić information content (AvgIpc) is 3.15. The molecule has 2 N–H and O–H groups in total. The predicted molar refractivity (Wildman–Crippen MR) is 104 cm³/mol. The van der Waals surface area contributed by atoms with Crippen LogP contribution in [0.4, 0.5) is 0 Å². The van der Waals surface area contributed by atoms with Gasteiger partial charge in [0.1, 0.15) is 0 Å². The minimum absolute atomic E-state index is 0. The molecule has 2 aromatic heterocycles. The minimum atomic E-state index is 0. The van der Waals surface area contributed by atoms with Gasteiger partial charge in [-0.15, -0.1) is 35.3 Å². The van der Waals surface area contributed by atoms with Crippen molar-refractivity contribution in [1.29, 1.82) is 0 Å². The van der Waals surface area contributed by atoms with Crippen molar-refractivity contribution in [2.45, 2.75) is 25.8 Å². The first-order chi connectivity index (χ1) is 10.1. The molecule has 122 valence electrons. The number of hydrogen-bond acceptors (Lipinski definition) is 3. The maximum absolute atomic E-state index is 4.26. The highest BCUT2D eigenvalue weighted by Crippen LogP contribution is 2.26. The second-order valence-corrected chi connectivity index (χ2v) is 6.46. The Morgan fingerprint density at radius 3 is 2.82 bits per heavy atom. The fourth-order valence-electron chi connectivity index (χ4n) is 2.00. The summed E-state index contributed by atoms with van der Waals surface area (Å²) in [6.07, 6.45) is 5.56. The number of imidazole rings is 1. The topological polar surface area (TPSA) is 54.2 Å². The fraction of sp³-hybridized carbons (Fsp3) is 0.467. The third-order valence-electron chi connectivity index (χ3n) is 3.33. The standard InChI is InChI=1S/C15H23N5S.HI/c1-15(2,13-5-4-10-21-13)11-19-14(16-3)18-7-9-20-8-6-17-12-20;/h4-6,8,10,12H,7,9,11H2,1-3H3,(H2,16,18,19);1H. The van der Waals surface area contributed by atoms with Gasteiger partial charge in [0.15, 0.2) is 5.96 Å². The molecule has 0 aliphatic rings. The number of nitrogens with one attached hydrogen (secondary N) is 2. The second-order valence-electron chi connectivity index (χ2n) is 5.51. The summed E-state index contributed by atoms with van der Waals surface area (Å²) < 4.78 is 2.04. The molecule has 0 radical (unpaired) electrons. The molecule has 0 saturated carbocycles. The van der Waals surface area contributed by atoms with Crippen molar-refractivity contribution in [3.8, 4) is 0 Å². The van der Waals surface area contributed by atoms with Crippen molar-refractivity contribution >= 4 is 41.3 Å². The predicted octanol–water partition coefficient (Wildman–Crippen LogP) is 2.71. The highest BCUT2D eigenvalue weighted by atomic mass is 127. The van der Waals surface area contributed by atoms with Crippen LogP contribution in [0.3, 0.4) is 0 Å². The van der Waals surface area contributed by atoms with Crippen LogP contribution in [-0.2, 0) is 12.0 Å². The van der Waals surface area contributed by atoms with E-state index < -0.39 is 0 Å². The van der Waals surface area contributed by atoms with Crippen molar-refractivity contribution in [2.75, 3.05) is 20.1 Å². The number of aliphatic imine (C=N–C) groups is 1. The Labute approximate surface area is 153 Å². The summed E-state index contributed by atoms with van der Waals surface area (Å²) >= 11 is 1.79. The third-order valence-corrected chi connectivity index (χ3v) is 4.57. The summed E-state index contributed by atoms with van der Waals surface area (Å²) in [6.45, 7) is 7.01. The van der Waals surface area contributed by atoms with Gasteiger partial charge in [-0.3, -0.25) is 4.99 Å². The molecule has 2 heterocycles. The zero-order chi connectivity index (χ0) is 15.1. The number of guanidine groups is 1. The Morgan fingerprint density at radius 1 is 1.41 bits per heavy atom. The van der Waals surface area contributed by atoms with Gasteiger partial charge in [0, 0.05) is 49.4 Å². The van der Waals surface area contributed by atoms with E-state index in [1.54, 1.807) is 24.6 Å². The molecule has 2 aromatic rings. The van der Waals surface area contributed by atoms with Crippen LogP contribution >= 0.6 is 35.3 Å². The molecule has 7 heteroatoms. The Hall–Kier alpha value is -1.09. The highest BCUT2D eigenvalue weighted by molar-refractivity contribution is 14.0. The molecule has 0 fully saturated rings. The molecule has 0 saturated heterocycles. The van der Waals surface area contributed by atoms with E-state index in [9.17, 15) is 0 Å². The van der Waals surface area contributed by atoms with Crippen LogP contribution in [0.1, 0.15) is 18.7 Å². The van der Waals surface area contributed by atoms with Crippen molar-refractivity contribution in [3.05, 3.63) is 41.1 Å². The lowest BCUT2D eigenvalue weighted by Crippen LogP contribution is -2.44. The SMILES string of the molecule is CN=C(NCCn1ccnc1)NCC(C)(C)c1cccs1.I. The monoisotopic (exact) mass is 433 g/mol. The van der Waals surface area contributed by atoms with Crippen LogP contribution in [0.5, 0.6) is 0 Å².